The molecule has 0 bridgehead atoms. The molecule has 0 radical (unpaired) electrons. The Bertz CT molecular complexity index is 691. The average Bonchev–Trinajstić information content (AvgIpc) is 3.16. The Morgan fingerprint density at radius 1 is 1.28 bits per heavy atom. The lowest BCUT2D eigenvalue weighted by atomic mass is 10.1. The van der Waals surface area contributed by atoms with Crippen molar-refractivity contribution in [3.8, 4) is 0 Å². The number of hydrogen-bond donors (Lipinski definition) is 2. The van der Waals surface area contributed by atoms with Gasteiger partial charge in [0.15, 0.2) is 5.96 Å². The van der Waals surface area contributed by atoms with Crippen LogP contribution in [0.2, 0.25) is 0 Å². The smallest absolute Gasteiger partial charge is 0.337 e. The van der Waals surface area contributed by atoms with Crippen LogP contribution in [0.15, 0.2) is 64.7 Å². The highest BCUT2D eigenvalue weighted by molar-refractivity contribution is 5.89. The Labute approximate surface area is 147 Å². The van der Waals surface area contributed by atoms with E-state index in [1.165, 1.54) is 7.11 Å². The maximum atomic E-state index is 11.4. The Morgan fingerprint density at radius 2 is 2.08 bits per heavy atom. The summed E-state index contributed by atoms with van der Waals surface area (Å²) in [5.41, 5.74) is 1.52. The quantitative estimate of drug-likeness (QED) is 0.334. The lowest BCUT2D eigenvalue weighted by Crippen LogP contribution is -2.38. The minimum absolute atomic E-state index is 0.344. The van der Waals surface area contributed by atoms with E-state index in [0.29, 0.717) is 31.2 Å². The molecule has 0 amide bonds. The fourth-order valence-electron chi connectivity index (χ4n) is 2.14. The third-order valence-electron chi connectivity index (χ3n) is 3.45. The van der Waals surface area contributed by atoms with Gasteiger partial charge < -0.3 is 19.8 Å². The molecule has 0 unspecified atom stereocenters. The van der Waals surface area contributed by atoms with Gasteiger partial charge in [-0.05, 0) is 29.8 Å². The van der Waals surface area contributed by atoms with Crippen LogP contribution in [0.3, 0.4) is 0 Å². The Kier molecular flexibility index (Phi) is 7.31. The largest absolute Gasteiger partial charge is 0.469 e. The molecule has 0 spiro atoms. The number of benzene rings is 1. The van der Waals surface area contributed by atoms with Gasteiger partial charge in [0.05, 0.1) is 25.5 Å². The molecular weight excluding hydrogens is 318 g/mol. The van der Waals surface area contributed by atoms with Crippen LogP contribution in [-0.2, 0) is 17.7 Å². The summed E-state index contributed by atoms with van der Waals surface area (Å²) < 4.78 is 10.0. The van der Waals surface area contributed by atoms with Gasteiger partial charge >= 0.3 is 5.97 Å². The molecular formula is C19H23N3O3. The van der Waals surface area contributed by atoms with Gasteiger partial charge in [-0.3, -0.25) is 0 Å². The molecule has 0 aliphatic carbocycles. The van der Waals surface area contributed by atoms with E-state index in [-0.39, 0.29) is 5.97 Å². The van der Waals surface area contributed by atoms with Gasteiger partial charge in [0.1, 0.15) is 5.76 Å². The monoisotopic (exact) mass is 341 g/mol. The van der Waals surface area contributed by atoms with E-state index in [9.17, 15) is 4.79 Å². The molecule has 2 rings (SSSR count). The Balaban J connectivity index is 1.91. The number of hydrogen-bond acceptors (Lipinski definition) is 4. The molecule has 0 aliphatic heterocycles. The summed E-state index contributed by atoms with van der Waals surface area (Å²) in [5, 5.41) is 6.43. The molecule has 0 fully saturated rings. The zero-order chi connectivity index (χ0) is 17.9. The van der Waals surface area contributed by atoms with Crippen LogP contribution in [0.4, 0.5) is 0 Å². The summed E-state index contributed by atoms with van der Waals surface area (Å²) in [6.45, 7) is 5.52. The van der Waals surface area contributed by atoms with E-state index >= 15 is 0 Å². The van der Waals surface area contributed by atoms with Crippen LogP contribution in [0.25, 0.3) is 0 Å². The second-order valence-electron chi connectivity index (χ2n) is 5.28. The minimum atomic E-state index is -0.344. The summed E-state index contributed by atoms with van der Waals surface area (Å²) in [4.78, 5) is 16.0. The molecule has 6 heteroatoms. The number of carbonyl (C=O) groups excluding carboxylic acids is 1. The molecule has 6 nitrogen and oxygen atoms in total. The van der Waals surface area contributed by atoms with Crippen LogP contribution in [0.5, 0.6) is 0 Å². The van der Waals surface area contributed by atoms with Crippen LogP contribution >= 0.6 is 0 Å². The Morgan fingerprint density at radius 3 is 2.72 bits per heavy atom. The fourth-order valence-corrected chi connectivity index (χ4v) is 2.14. The lowest BCUT2D eigenvalue weighted by Gasteiger charge is -2.11. The van der Waals surface area contributed by atoms with Gasteiger partial charge in [-0.1, -0.05) is 18.2 Å². The number of furan rings is 1. The maximum Gasteiger partial charge on any atom is 0.337 e. The first-order valence-corrected chi connectivity index (χ1v) is 8.05. The van der Waals surface area contributed by atoms with Gasteiger partial charge in [-0.2, -0.15) is 0 Å². The highest BCUT2D eigenvalue weighted by Gasteiger charge is 2.04. The standard InChI is InChI=1S/C19H23N3O3/c1-3-11-20-19(21-12-10-17-5-4-13-25-17)22-14-15-6-8-16(9-7-15)18(23)24-2/h3-9,13H,1,10-12,14H2,2H3,(H2,20,21,22). The van der Waals surface area contributed by atoms with Gasteiger partial charge in [-0.15, -0.1) is 6.58 Å². The molecule has 25 heavy (non-hydrogen) atoms. The first-order chi connectivity index (χ1) is 12.2. The molecule has 2 N–H and O–H groups in total. The van der Waals surface area contributed by atoms with Crippen molar-refractivity contribution in [3.05, 3.63) is 72.2 Å². The molecule has 1 heterocycles. The number of rotatable bonds is 8. The van der Waals surface area contributed by atoms with Gasteiger partial charge in [-0.25, -0.2) is 9.79 Å². The number of nitrogens with zero attached hydrogens (tertiary/aromatic N) is 1. The van der Waals surface area contributed by atoms with Crippen molar-refractivity contribution >= 4 is 11.9 Å². The molecule has 132 valence electrons. The third-order valence-corrected chi connectivity index (χ3v) is 3.45. The predicted octanol–water partition coefficient (Wildman–Crippen LogP) is 2.53. The normalized spacial score (nSPS) is 11.0. The number of nitrogens with one attached hydrogen (secondary N) is 2. The van der Waals surface area contributed by atoms with E-state index in [2.05, 4.69) is 26.9 Å². The Hall–Kier alpha value is -3.02. The number of methoxy groups -OCH3 is 1. The first-order valence-electron chi connectivity index (χ1n) is 8.05. The van der Waals surface area contributed by atoms with Crippen LogP contribution in [-0.4, -0.2) is 32.1 Å². The van der Waals surface area contributed by atoms with Crippen LogP contribution in [0, 0.1) is 0 Å². The number of aliphatic imine (C=N–C) groups is 1. The van der Waals surface area contributed by atoms with Gasteiger partial charge in [0, 0.05) is 19.5 Å². The van der Waals surface area contributed by atoms with Crippen molar-refractivity contribution in [1.82, 2.24) is 10.6 Å². The molecule has 0 aliphatic rings. The van der Waals surface area contributed by atoms with Crippen molar-refractivity contribution in [1.29, 1.82) is 0 Å². The van der Waals surface area contributed by atoms with E-state index < -0.39 is 0 Å². The fraction of sp³-hybridized carbons (Fsp3) is 0.263. The summed E-state index contributed by atoms with van der Waals surface area (Å²) in [6.07, 6.45) is 4.21. The third kappa shape index (κ3) is 6.18. The van der Waals surface area contributed by atoms with Crippen molar-refractivity contribution in [2.24, 2.45) is 4.99 Å². The predicted molar refractivity (Wildman–Crippen MR) is 97.5 cm³/mol. The average molecular weight is 341 g/mol. The summed E-state index contributed by atoms with van der Waals surface area (Å²) in [6, 6.07) is 11.0. The second-order valence-corrected chi connectivity index (χ2v) is 5.28. The highest BCUT2D eigenvalue weighted by atomic mass is 16.5. The van der Waals surface area contributed by atoms with Crippen molar-refractivity contribution in [2.45, 2.75) is 13.0 Å². The van der Waals surface area contributed by atoms with Crippen molar-refractivity contribution in [3.63, 3.8) is 0 Å². The van der Waals surface area contributed by atoms with Gasteiger partial charge in [0.25, 0.3) is 0 Å². The number of guanidine groups is 1. The molecule has 1 aromatic carbocycles. The summed E-state index contributed by atoms with van der Waals surface area (Å²) in [5.74, 6) is 1.28. The first kappa shape index (κ1) is 18.3. The van der Waals surface area contributed by atoms with E-state index in [0.717, 1.165) is 17.7 Å². The summed E-state index contributed by atoms with van der Waals surface area (Å²) >= 11 is 0. The molecule has 1 aromatic heterocycles. The van der Waals surface area contributed by atoms with Crippen molar-refractivity contribution in [2.75, 3.05) is 20.2 Å². The second kappa shape index (κ2) is 9.97. The lowest BCUT2D eigenvalue weighted by molar-refractivity contribution is 0.0600. The molecule has 0 atom stereocenters. The van der Waals surface area contributed by atoms with E-state index in [1.807, 2.05) is 24.3 Å². The molecule has 2 aromatic rings. The van der Waals surface area contributed by atoms with E-state index in [4.69, 9.17) is 4.42 Å². The van der Waals surface area contributed by atoms with Crippen LogP contribution in [0.1, 0.15) is 21.7 Å². The van der Waals surface area contributed by atoms with Crippen molar-refractivity contribution < 1.29 is 13.9 Å². The molecule has 0 saturated carbocycles. The number of carbonyl (C=O) groups is 1. The number of esters is 1. The minimum Gasteiger partial charge on any atom is -0.469 e. The topological polar surface area (TPSA) is 75.9 Å². The SMILES string of the molecule is C=CCNC(=NCc1ccc(C(=O)OC)cc1)NCCc1ccco1. The van der Waals surface area contributed by atoms with Crippen LogP contribution < -0.4 is 10.6 Å². The zero-order valence-corrected chi connectivity index (χ0v) is 14.3. The summed E-state index contributed by atoms with van der Waals surface area (Å²) in [7, 11) is 1.37. The van der Waals surface area contributed by atoms with E-state index in [1.54, 1.807) is 24.5 Å². The zero-order valence-electron chi connectivity index (χ0n) is 14.3. The number of ether oxygens (including phenoxy) is 1. The maximum absolute atomic E-state index is 11.4. The highest BCUT2D eigenvalue weighted by Crippen LogP contribution is 2.07. The van der Waals surface area contributed by atoms with Gasteiger partial charge in [0.2, 0.25) is 0 Å². The molecule has 0 saturated heterocycles.